The zero-order chi connectivity index (χ0) is 23.0. The van der Waals surface area contributed by atoms with E-state index in [2.05, 4.69) is 15.4 Å². The number of rotatable bonds is 8. The summed E-state index contributed by atoms with van der Waals surface area (Å²) in [4.78, 5) is 51.9. The smallest absolute Gasteiger partial charge is 0.368 e. The van der Waals surface area contributed by atoms with Gasteiger partial charge in [-0.25, -0.2) is 0 Å². The molecule has 1 aliphatic carbocycles. The standard InChI is InChI=1S/C20H26F3N3O6/c21-20(22,23)32-9-15(27)12(6-10-3-4-24-17(10)28)25-18(29)14-8-11-7-13(11)26(14)19(30)16-2-1-5-31-16/h10-14,16H,1-9H2,(H,24,28)(H,25,29)/t10-,11+,12-,13+,14-,16+/m0/s1. The summed E-state index contributed by atoms with van der Waals surface area (Å²) in [7, 11) is 0. The number of fused-ring (bicyclic) bond motifs is 1. The van der Waals surface area contributed by atoms with E-state index in [4.69, 9.17) is 4.74 Å². The minimum atomic E-state index is -4.99. The first kappa shape index (κ1) is 23.0. The summed E-state index contributed by atoms with van der Waals surface area (Å²) in [5.41, 5.74) is 0. The van der Waals surface area contributed by atoms with Gasteiger partial charge in [0.25, 0.3) is 5.91 Å². The van der Waals surface area contributed by atoms with Crippen molar-refractivity contribution in [3.05, 3.63) is 0 Å². The number of piperidine rings is 1. The van der Waals surface area contributed by atoms with Crippen molar-refractivity contribution in [3.63, 3.8) is 0 Å². The molecule has 0 aromatic heterocycles. The second-order valence-electron chi connectivity index (χ2n) is 8.84. The Morgan fingerprint density at radius 3 is 2.66 bits per heavy atom. The first-order valence-electron chi connectivity index (χ1n) is 10.9. The molecule has 178 valence electrons. The lowest BCUT2D eigenvalue weighted by molar-refractivity contribution is -0.321. The normalized spacial score (nSPS) is 32.4. The molecule has 4 rings (SSSR count). The number of Topliss-reactive ketones (excluding diaryl/α,β-unsaturated/α-hetero) is 1. The van der Waals surface area contributed by atoms with E-state index in [9.17, 15) is 32.3 Å². The second-order valence-corrected chi connectivity index (χ2v) is 8.84. The number of alkyl halides is 3. The molecule has 3 saturated heterocycles. The van der Waals surface area contributed by atoms with Crippen LogP contribution >= 0.6 is 0 Å². The number of carbonyl (C=O) groups is 4. The van der Waals surface area contributed by atoms with E-state index in [1.807, 2.05) is 0 Å². The van der Waals surface area contributed by atoms with Gasteiger partial charge >= 0.3 is 6.36 Å². The minimum Gasteiger partial charge on any atom is -0.368 e. The lowest BCUT2D eigenvalue weighted by Crippen LogP contribution is -2.54. The number of ketones is 1. The molecule has 0 bridgehead atoms. The molecule has 0 aromatic rings. The summed E-state index contributed by atoms with van der Waals surface area (Å²) < 4.78 is 46.3. The van der Waals surface area contributed by atoms with Gasteiger partial charge in [0.05, 0.1) is 6.04 Å². The summed E-state index contributed by atoms with van der Waals surface area (Å²) >= 11 is 0. The quantitative estimate of drug-likeness (QED) is 0.537. The molecule has 3 amide bonds. The van der Waals surface area contributed by atoms with Crippen molar-refractivity contribution in [1.82, 2.24) is 15.5 Å². The lowest BCUT2D eigenvalue weighted by atomic mass is 9.95. The third-order valence-corrected chi connectivity index (χ3v) is 6.63. The van der Waals surface area contributed by atoms with Crippen molar-refractivity contribution in [2.75, 3.05) is 19.8 Å². The van der Waals surface area contributed by atoms with Crippen LogP contribution in [0.3, 0.4) is 0 Å². The molecule has 3 aliphatic heterocycles. The number of carbonyl (C=O) groups excluding carboxylic acids is 4. The van der Waals surface area contributed by atoms with Crippen molar-refractivity contribution in [1.29, 1.82) is 0 Å². The zero-order valence-electron chi connectivity index (χ0n) is 17.4. The lowest BCUT2D eigenvalue weighted by Gasteiger charge is -2.30. The molecule has 0 spiro atoms. The topological polar surface area (TPSA) is 114 Å². The van der Waals surface area contributed by atoms with E-state index in [1.165, 1.54) is 4.90 Å². The third kappa shape index (κ3) is 5.06. The molecule has 0 radical (unpaired) electrons. The van der Waals surface area contributed by atoms with Crippen LogP contribution < -0.4 is 10.6 Å². The maximum Gasteiger partial charge on any atom is 0.522 e. The SMILES string of the molecule is O=C1NCC[C@H]1C[C@H](NC(=O)[C@@H]1C[C@H]2C[C@H]2N1C(=O)[C@H]1CCCO1)C(=O)COC(F)(F)F. The number of hydrogen-bond donors (Lipinski definition) is 2. The van der Waals surface area contributed by atoms with Crippen LogP contribution in [0.25, 0.3) is 0 Å². The maximum absolute atomic E-state index is 13.1. The van der Waals surface area contributed by atoms with Crippen LogP contribution in [0.2, 0.25) is 0 Å². The third-order valence-electron chi connectivity index (χ3n) is 6.63. The second kappa shape index (κ2) is 8.97. The molecule has 3 heterocycles. The molecule has 1 saturated carbocycles. The first-order valence-corrected chi connectivity index (χ1v) is 10.9. The van der Waals surface area contributed by atoms with Gasteiger partial charge in [0.15, 0.2) is 5.78 Å². The molecule has 12 heteroatoms. The van der Waals surface area contributed by atoms with E-state index in [-0.39, 0.29) is 30.2 Å². The van der Waals surface area contributed by atoms with Crippen LogP contribution in [-0.2, 0) is 28.7 Å². The number of nitrogens with one attached hydrogen (secondary N) is 2. The van der Waals surface area contributed by atoms with Crippen LogP contribution in [0.15, 0.2) is 0 Å². The highest BCUT2D eigenvalue weighted by Crippen LogP contribution is 2.48. The number of hydrogen-bond acceptors (Lipinski definition) is 6. The van der Waals surface area contributed by atoms with E-state index in [0.29, 0.717) is 32.4 Å². The van der Waals surface area contributed by atoms with Gasteiger partial charge in [-0.1, -0.05) is 0 Å². The van der Waals surface area contributed by atoms with Gasteiger partial charge in [-0.3, -0.25) is 23.9 Å². The average molecular weight is 461 g/mol. The fourth-order valence-electron chi connectivity index (χ4n) is 4.89. The van der Waals surface area contributed by atoms with Gasteiger partial charge in [-0.2, -0.15) is 0 Å². The average Bonchev–Trinajstić information content (AvgIpc) is 3.11. The van der Waals surface area contributed by atoms with Gasteiger partial charge in [0.1, 0.15) is 18.8 Å². The molecule has 4 aliphatic rings. The number of likely N-dealkylation sites (tertiary alicyclic amines) is 1. The summed E-state index contributed by atoms with van der Waals surface area (Å²) in [6.45, 7) is -0.390. The van der Waals surface area contributed by atoms with Gasteiger partial charge < -0.3 is 20.3 Å². The van der Waals surface area contributed by atoms with Crippen LogP contribution in [0.4, 0.5) is 13.2 Å². The van der Waals surface area contributed by atoms with Crippen LogP contribution in [0.1, 0.15) is 38.5 Å². The van der Waals surface area contributed by atoms with E-state index < -0.39 is 48.8 Å². The summed E-state index contributed by atoms with van der Waals surface area (Å²) in [5.74, 6) is -2.56. The number of nitrogens with zero attached hydrogens (tertiary/aromatic N) is 1. The Morgan fingerprint density at radius 2 is 2.03 bits per heavy atom. The molecule has 6 atom stereocenters. The van der Waals surface area contributed by atoms with Gasteiger partial charge in [-0.15, -0.1) is 13.2 Å². The van der Waals surface area contributed by atoms with Crippen molar-refractivity contribution in [2.45, 2.75) is 69.1 Å². The highest BCUT2D eigenvalue weighted by molar-refractivity contribution is 5.95. The Hall–Kier alpha value is -2.21. The first-order chi connectivity index (χ1) is 15.1. The predicted molar refractivity (Wildman–Crippen MR) is 101 cm³/mol. The molecule has 9 nitrogen and oxygen atoms in total. The van der Waals surface area contributed by atoms with Gasteiger partial charge in [0.2, 0.25) is 11.8 Å². The van der Waals surface area contributed by atoms with Crippen LogP contribution in [-0.4, -0.2) is 78.8 Å². The summed E-state index contributed by atoms with van der Waals surface area (Å²) in [6, 6.07) is -2.19. The van der Waals surface area contributed by atoms with Crippen molar-refractivity contribution in [2.24, 2.45) is 11.8 Å². The van der Waals surface area contributed by atoms with Crippen molar-refractivity contribution < 1.29 is 41.8 Å². The Bertz CT molecular complexity index is 785. The Morgan fingerprint density at radius 1 is 1.25 bits per heavy atom. The summed E-state index contributed by atoms with van der Waals surface area (Å²) in [6.07, 6.45) is -2.74. The van der Waals surface area contributed by atoms with Gasteiger partial charge in [0, 0.05) is 25.1 Å². The largest absolute Gasteiger partial charge is 0.522 e. The van der Waals surface area contributed by atoms with Gasteiger partial charge in [-0.05, 0) is 44.4 Å². The Balaban J connectivity index is 1.44. The van der Waals surface area contributed by atoms with E-state index in [1.54, 1.807) is 0 Å². The monoisotopic (exact) mass is 461 g/mol. The highest BCUT2D eigenvalue weighted by atomic mass is 19.4. The Labute approximate surface area is 182 Å². The van der Waals surface area contributed by atoms with E-state index >= 15 is 0 Å². The Kier molecular flexibility index (Phi) is 6.44. The fourth-order valence-corrected chi connectivity index (χ4v) is 4.89. The summed E-state index contributed by atoms with van der Waals surface area (Å²) in [5, 5.41) is 5.11. The molecule has 4 fully saturated rings. The van der Waals surface area contributed by atoms with Crippen LogP contribution in [0, 0.1) is 11.8 Å². The molecular formula is C20H26F3N3O6. The van der Waals surface area contributed by atoms with Crippen molar-refractivity contribution in [3.8, 4) is 0 Å². The zero-order valence-corrected chi connectivity index (χ0v) is 17.4. The number of halogens is 3. The number of ether oxygens (including phenoxy) is 2. The minimum absolute atomic E-state index is 0.0502. The fraction of sp³-hybridized carbons (Fsp3) is 0.800. The molecule has 0 unspecified atom stereocenters. The molecule has 32 heavy (non-hydrogen) atoms. The molecule has 2 N–H and O–H groups in total. The highest BCUT2D eigenvalue weighted by Gasteiger charge is 2.57. The van der Waals surface area contributed by atoms with E-state index in [0.717, 1.165) is 12.8 Å². The molecule has 0 aromatic carbocycles. The predicted octanol–water partition coefficient (Wildman–Crippen LogP) is 0.271. The van der Waals surface area contributed by atoms with Crippen LogP contribution in [0.5, 0.6) is 0 Å². The van der Waals surface area contributed by atoms with Crippen molar-refractivity contribution >= 4 is 23.5 Å². The number of amides is 3. The maximum atomic E-state index is 13.1. The molecular weight excluding hydrogens is 435 g/mol.